The van der Waals surface area contributed by atoms with Gasteiger partial charge in [-0.1, -0.05) is 32.8 Å². The molecule has 0 aliphatic heterocycles. The molecule has 0 fully saturated rings. The zero-order valence-electron chi connectivity index (χ0n) is 11.3. The lowest BCUT2D eigenvalue weighted by atomic mass is 10.2. The number of hydrogen-bond acceptors (Lipinski definition) is 2. The maximum absolute atomic E-state index is 4.00. The van der Waals surface area contributed by atoms with Crippen molar-refractivity contribution in [1.29, 1.82) is 0 Å². The monoisotopic (exact) mass is 242 g/mol. The van der Waals surface area contributed by atoms with E-state index in [-0.39, 0.29) is 0 Å². The van der Waals surface area contributed by atoms with Gasteiger partial charge in [-0.3, -0.25) is 9.97 Å². The van der Waals surface area contributed by atoms with Crippen LogP contribution in [0.15, 0.2) is 49.1 Å². The lowest BCUT2D eigenvalue weighted by Gasteiger charge is -1.93. The molecule has 0 radical (unpaired) electrons. The summed E-state index contributed by atoms with van der Waals surface area (Å²) in [5, 5.41) is 0. The van der Waals surface area contributed by atoms with Crippen LogP contribution >= 0.6 is 0 Å². The highest BCUT2D eigenvalue weighted by molar-refractivity contribution is 5.09. The van der Waals surface area contributed by atoms with Gasteiger partial charge in [0.05, 0.1) is 0 Å². The summed E-state index contributed by atoms with van der Waals surface area (Å²) in [6, 6.07) is 8.20. The second-order valence-electron chi connectivity index (χ2n) is 4.22. The van der Waals surface area contributed by atoms with E-state index in [4.69, 9.17) is 0 Å². The zero-order valence-corrected chi connectivity index (χ0v) is 11.3. The Hall–Kier alpha value is -1.70. The third-order valence-corrected chi connectivity index (χ3v) is 2.55. The molecule has 2 heterocycles. The molecule has 0 saturated carbocycles. The van der Waals surface area contributed by atoms with E-state index in [1.165, 1.54) is 30.4 Å². The Bertz CT molecular complexity index is 356. The Morgan fingerprint density at radius 1 is 0.778 bits per heavy atom. The minimum absolute atomic E-state index is 1.15. The van der Waals surface area contributed by atoms with Gasteiger partial charge in [0.1, 0.15) is 0 Å². The Morgan fingerprint density at radius 3 is 2.00 bits per heavy atom. The molecular formula is C16H22N2. The van der Waals surface area contributed by atoms with Crippen LogP contribution in [-0.4, -0.2) is 9.97 Å². The van der Waals surface area contributed by atoms with E-state index in [0.717, 1.165) is 6.42 Å². The molecule has 0 aromatic carbocycles. The van der Waals surface area contributed by atoms with Crippen molar-refractivity contribution in [2.45, 2.75) is 39.5 Å². The van der Waals surface area contributed by atoms with Crippen LogP contribution in [0, 0.1) is 0 Å². The number of rotatable bonds is 4. The van der Waals surface area contributed by atoms with Gasteiger partial charge in [-0.15, -0.1) is 0 Å². The predicted octanol–water partition coefficient (Wildman–Crippen LogP) is 4.07. The Balaban J connectivity index is 0.000000180. The van der Waals surface area contributed by atoms with Crippen LogP contribution in [0.5, 0.6) is 0 Å². The quantitative estimate of drug-likeness (QED) is 0.807. The third kappa shape index (κ3) is 6.14. The average molecular weight is 242 g/mol. The van der Waals surface area contributed by atoms with Gasteiger partial charge < -0.3 is 0 Å². The topological polar surface area (TPSA) is 25.8 Å². The number of hydrogen-bond donors (Lipinski definition) is 0. The zero-order chi connectivity index (χ0) is 13.1. The fraction of sp³-hybridized carbons (Fsp3) is 0.375. The molecule has 0 amide bonds. The van der Waals surface area contributed by atoms with E-state index in [1.54, 1.807) is 6.20 Å². The molecule has 0 aliphatic carbocycles. The van der Waals surface area contributed by atoms with E-state index in [1.807, 2.05) is 24.7 Å². The molecule has 18 heavy (non-hydrogen) atoms. The first-order valence-electron chi connectivity index (χ1n) is 6.64. The number of aryl methyl sites for hydroxylation is 2. The molecule has 2 nitrogen and oxygen atoms in total. The SMILES string of the molecule is CCCc1cccnc1.CCCc1ccncc1. The predicted molar refractivity (Wildman–Crippen MR) is 76.5 cm³/mol. The van der Waals surface area contributed by atoms with Crippen molar-refractivity contribution in [1.82, 2.24) is 9.97 Å². The molecule has 0 saturated heterocycles. The Morgan fingerprint density at radius 2 is 1.44 bits per heavy atom. The van der Waals surface area contributed by atoms with Crippen molar-refractivity contribution in [2.75, 3.05) is 0 Å². The molecule has 96 valence electrons. The first-order chi connectivity index (χ1) is 8.86. The van der Waals surface area contributed by atoms with Crippen LogP contribution in [0.3, 0.4) is 0 Å². The molecule has 0 bridgehead atoms. The van der Waals surface area contributed by atoms with Gasteiger partial charge in [-0.2, -0.15) is 0 Å². The summed E-state index contributed by atoms with van der Waals surface area (Å²) < 4.78 is 0. The van der Waals surface area contributed by atoms with Crippen molar-refractivity contribution < 1.29 is 0 Å². The van der Waals surface area contributed by atoms with Crippen molar-refractivity contribution in [3.05, 3.63) is 60.2 Å². The van der Waals surface area contributed by atoms with Crippen molar-refractivity contribution in [3.63, 3.8) is 0 Å². The van der Waals surface area contributed by atoms with Gasteiger partial charge in [0, 0.05) is 24.8 Å². The first-order valence-corrected chi connectivity index (χ1v) is 6.64. The van der Waals surface area contributed by atoms with E-state index < -0.39 is 0 Å². The second kappa shape index (κ2) is 9.34. The number of pyridine rings is 2. The highest BCUT2D eigenvalue weighted by Crippen LogP contribution is 1.99. The lowest BCUT2D eigenvalue weighted by molar-refractivity contribution is 0.914. The largest absolute Gasteiger partial charge is 0.265 e. The molecule has 0 unspecified atom stereocenters. The Kier molecular flexibility index (Phi) is 7.45. The van der Waals surface area contributed by atoms with E-state index in [2.05, 4.69) is 42.0 Å². The van der Waals surface area contributed by atoms with Crippen LogP contribution in [0.4, 0.5) is 0 Å². The van der Waals surface area contributed by atoms with Gasteiger partial charge in [0.2, 0.25) is 0 Å². The summed E-state index contributed by atoms with van der Waals surface area (Å²) in [6.07, 6.45) is 12.1. The van der Waals surface area contributed by atoms with Crippen molar-refractivity contribution in [2.24, 2.45) is 0 Å². The lowest BCUT2D eigenvalue weighted by Crippen LogP contribution is -1.81. The standard InChI is InChI=1S/2C8H11N/c1-2-4-8-5-3-6-9-7-8;1-2-3-8-4-6-9-7-5-8/h3,5-7H,2,4H2,1H3;4-7H,2-3H2,1H3. The number of nitrogens with zero attached hydrogens (tertiary/aromatic N) is 2. The first kappa shape index (κ1) is 14.4. The fourth-order valence-electron chi connectivity index (χ4n) is 1.67. The summed E-state index contributed by atoms with van der Waals surface area (Å²) in [5.41, 5.74) is 2.72. The fourth-order valence-corrected chi connectivity index (χ4v) is 1.67. The van der Waals surface area contributed by atoms with E-state index in [9.17, 15) is 0 Å². The van der Waals surface area contributed by atoms with Gasteiger partial charge in [0.25, 0.3) is 0 Å². The highest BCUT2D eigenvalue weighted by atomic mass is 14.6. The van der Waals surface area contributed by atoms with Crippen LogP contribution < -0.4 is 0 Å². The molecule has 0 atom stereocenters. The van der Waals surface area contributed by atoms with Crippen molar-refractivity contribution >= 4 is 0 Å². The average Bonchev–Trinajstić information content (AvgIpc) is 2.43. The van der Waals surface area contributed by atoms with Crippen molar-refractivity contribution in [3.8, 4) is 0 Å². The highest BCUT2D eigenvalue weighted by Gasteiger charge is 1.86. The maximum atomic E-state index is 4.00. The maximum Gasteiger partial charge on any atom is 0.0299 e. The van der Waals surface area contributed by atoms with Crippen LogP contribution in [0.2, 0.25) is 0 Å². The molecule has 2 aromatic heterocycles. The Labute approximate surface area is 110 Å². The molecule has 2 rings (SSSR count). The minimum Gasteiger partial charge on any atom is -0.265 e. The smallest absolute Gasteiger partial charge is 0.0299 e. The van der Waals surface area contributed by atoms with Gasteiger partial charge >= 0.3 is 0 Å². The van der Waals surface area contributed by atoms with Gasteiger partial charge in [-0.05, 0) is 42.2 Å². The van der Waals surface area contributed by atoms with E-state index in [0.29, 0.717) is 0 Å². The second-order valence-corrected chi connectivity index (χ2v) is 4.22. The summed E-state index contributed by atoms with van der Waals surface area (Å²) in [4.78, 5) is 7.93. The van der Waals surface area contributed by atoms with Crippen LogP contribution in [-0.2, 0) is 12.8 Å². The molecule has 2 aromatic rings. The summed E-state index contributed by atoms with van der Waals surface area (Å²) >= 11 is 0. The van der Waals surface area contributed by atoms with E-state index >= 15 is 0 Å². The third-order valence-electron chi connectivity index (χ3n) is 2.55. The van der Waals surface area contributed by atoms with Crippen LogP contribution in [0.1, 0.15) is 37.8 Å². The summed E-state index contributed by atoms with van der Waals surface area (Å²) in [5.74, 6) is 0. The molecule has 2 heteroatoms. The molecule has 0 N–H and O–H groups in total. The summed E-state index contributed by atoms with van der Waals surface area (Å²) in [6.45, 7) is 4.35. The number of aromatic nitrogens is 2. The molecular weight excluding hydrogens is 220 g/mol. The molecule has 0 spiro atoms. The van der Waals surface area contributed by atoms with Crippen LogP contribution in [0.25, 0.3) is 0 Å². The van der Waals surface area contributed by atoms with Gasteiger partial charge in [0.15, 0.2) is 0 Å². The normalized spacial score (nSPS) is 9.44. The van der Waals surface area contributed by atoms with Gasteiger partial charge in [-0.25, -0.2) is 0 Å². The molecule has 0 aliphatic rings. The minimum atomic E-state index is 1.15. The summed E-state index contributed by atoms with van der Waals surface area (Å²) in [7, 11) is 0.